The lowest BCUT2D eigenvalue weighted by atomic mass is 9.48. The van der Waals surface area contributed by atoms with E-state index >= 15 is 0 Å². The molecule has 1 heteroatoms. The van der Waals surface area contributed by atoms with Crippen molar-refractivity contribution in [3.05, 3.63) is 11.6 Å². The Balaban J connectivity index is 1.14. The van der Waals surface area contributed by atoms with E-state index in [0.717, 1.165) is 20.7 Å². The van der Waals surface area contributed by atoms with E-state index in [1.54, 1.807) is 32.1 Å². The highest BCUT2D eigenvalue weighted by Gasteiger charge is 3.04. The molecule has 12 aliphatic carbocycles. The van der Waals surface area contributed by atoms with Crippen LogP contribution < -0.4 is 0 Å². The van der Waals surface area contributed by atoms with E-state index in [9.17, 15) is 0 Å². The molecule has 21 atom stereocenters. The summed E-state index contributed by atoms with van der Waals surface area (Å²) >= 11 is 2.91. The summed E-state index contributed by atoms with van der Waals surface area (Å²) in [4.78, 5) is 0. The number of alkyl halides is 1. The highest BCUT2D eigenvalue weighted by molar-refractivity contribution is 14.1. The van der Waals surface area contributed by atoms with Crippen molar-refractivity contribution in [2.45, 2.75) is 55.8 Å². The van der Waals surface area contributed by atoms with Gasteiger partial charge in [-0.3, -0.25) is 0 Å². The molecule has 12 rings (SSSR count). The molecule has 0 N–H and O–H groups in total. The Labute approximate surface area is 206 Å². The molecule has 11 saturated carbocycles. The summed E-state index contributed by atoms with van der Waals surface area (Å²) < 4.78 is 0.996. The van der Waals surface area contributed by atoms with Crippen LogP contribution in [0, 0.1) is 117 Å². The molecule has 11 fully saturated rings. The van der Waals surface area contributed by atoms with Gasteiger partial charge in [0.05, 0.1) is 0 Å². The summed E-state index contributed by atoms with van der Waals surface area (Å²) in [7, 11) is 0. The third-order valence-corrected chi connectivity index (χ3v) is 17.7. The van der Waals surface area contributed by atoms with Gasteiger partial charge in [0.15, 0.2) is 0 Å². The second-order valence-corrected chi connectivity index (χ2v) is 17.7. The molecule has 20 unspecified atom stereocenters. The fraction of sp³-hybridized carbons (Fsp3) is 0.935. The molecule has 0 aromatic carbocycles. The molecular formula is C31H37I. The van der Waals surface area contributed by atoms with Gasteiger partial charge in [-0.05, 0) is 169 Å². The van der Waals surface area contributed by atoms with Gasteiger partial charge >= 0.3 is 0 Å². The van der Waals surface area contributed by atoms with Gasteiger partial charge in [0.1, 0.15) is 0 Å². The molecule has 0 nitrogen and oxygen atoms in total. The fourth-order valence-electron chi connectivity index (χ4n) is 16.9. The van der Waals surface area contributed by atoms with Crippen LogP contribution in [0.5, 0.6) is 0 Å². The molecule has 0 bridgehead atoms. The van der Waals surface area contributed by atoms with Crippen LogP contribution in [0.2, 0.25) is 0 Å². The number of hydrogen-bond acceptors (Lipinski definition) is 0. The molecule has 32 heavy (non-hydrogen) atoms. The number of hydrogen-bond donors (Lipinski definition) is 0. The third-order valence-electron chi connectivity index (χ3n) is 16.5. The molecule has 0 aliphatic heterocycles. The average Bonchev–Trinajstić information content (AvgIpc) is 3.57. The first-order valence-electron chi connectivity index (χ1n) is 15.0. The SMILES string of the molecule is C/C1=C/CCC2C3C2C2[C@@H]4CCC(I)CCC5C6C7C8C5C5C(C1)C51C3C1C8C21C(C67)C41. The van der Waals surface area contributed by atoms with Crippen molar-refractivity contribution in [1.29, 1.82) is 0 Å². The van der Waals surface area contributed by atoms with Crippen molar-refractivity contribution in [3.63, 3.8) is 0 Å². The van der Waals surface area contributed by atoms with E-state index in [0.29, 0.717) is 0 Å². The van der Waals surface area contributed by atoms with Crippen molar-refractivity contribution in [3.8, 4) is 0 Å². The molecule has 0 saturated heterocycles. The third kappa shape index (κ3) is 1.30. The highest BCUT2D eigenvalue weighted by Crippen LogP contribution is 3.08. The topological polar surface area (TPSA) is 0 Å². The Morgan fingerprint density at radius 2 is 1.31 bits per heavy atom. The van der Waals surface area contributed by atoms with Gasteiger partial charge < -0.3 is 0 Å². The monoisotopic (exact) mass is 536 g/mol. The molecule has 12 aliphatic rings. The van der Waals surface area contributed by atoms with Crippen LogP contribution in [0.25, 0.3) is 0 Å². The molecule has 0 radical (unpaired) electrons. The zero-order valence-corrected chi connectivity index (χ0v) is 21.5. The fourth-order valence-corrected chi connectivity index (χ4v) is 17.6. The first-order valence-corrected chi connectivity index (χ1v) is 16.3. The van der Waals surface area contributed by atoms with Crippen molar-refractivity contribution >= 4 is 22.6 Å². The number of rotatable bonds is 0. The molecule has 0 aromatic rings. The standard InChI is InChI=1S/C31H37I/c1-10-3-2-4-12-17-18(12)26-29-28-22-19(25-15(9-10)30(25,26)29)13-7-5-11(32)6-8-14-23(17)31(28)24(14)27(31)21-16(13)20(21)22/h3,11-29H,2,4-9H2,1H3/b10-3-/t11?,12?,13?,14-,15?,16?,17?,18?,19?,20?,21?,22?,23?,24?,25?,26?,27?,28?,29?,30?,31?/m0/s1. The smallest absolute Gasteiger partial charge is 0.0110 e. The van der Waals surface area contributed by atoms with Crippen molar-refractivity contribution in [2.24, 2.45) is 117 Å². The van der Waals surface area contributed by atoms with E-state index in [-0.39, 0.29) is 0 Å². The summed E-state index contributed by atoms with van der Waals surface area (Å²) in [5, 5.41) is 0. The van der Waals surface area contributed by atoms with Crippen LogP contribution in [-0.4, -0.2) is 3.92 Å². The molecule has 0 amide bonds. The normalized spacial score (nSPS) is 84.8. The summed E-state index contributed by atoms with van der Waals surface area (Å²) in [6.45, 7) is 2.54. The molecule has 0 aromatic heterocycles. The van der Waals surface area contributed by atoms with E-state index < -0.39 is 0 Å². The second-order valence-electron chi connectivity index (χ2n) is 15.9. The van der Waals surface area contributed by atoms with Crippen LogP contribution in [0.3, 0.4) is 0 Å². The minimum atomic E-state index is 0.925. The molecule has 168 valence electrons. The molecule has 2 spiro atoms. The Kier molecular flexibility index (Phi) is 2.40. The van der Waals surface area contributed by atoms with E-state index in [1.165, 1.54) is 113 Å². The largest absolute Gasteiger partial charge is 0.0856 e. The second kappa shape index (κ2) is 4.51. The lowest BCUT2D eigenvalue weighted by Gasteiger charge is -2.56. The van der Waals surface area contributed by atoms with Crippen LogP contribution >= 0.6 is 22.6 Å². The summed E-state index contributed by atoms with van der Waals surface area (Å²) in [5.41, 5.74) is 3.70. The number of fused-ring (bicyclic) bond motifs is 6. The maximum absolute atomic E-state index is 2.91. The Morgan fingerprint density at radius 1 is 0.625 bits per heavy atom. The van der Waals surface area contributed by atoms with Crippen LogP contribution in [0.1, 0.15) is 51.9 Å². The maximum Gasteiger partial charge on any atom is 0.0110 e. The lowest BCUT2D eigenvalue weighted by molar-refractivity contribution is -0.0910. The molecule has 0 heterocycles. The zero-order valence-electron chi connectivity index (χ0n) is 19.4. The van der Waals surface area contributed by atoms with Crippen molar-refractivity contribution in [2.75, 3.05) is 0 Å². The number of halogens is 1. The zero-order chi connectivity index (χ0) is 20.2. The Hall–Kier alpha value is 0.470. The van der Waals surface area contributed by atoms with Gasteiger partial charge in [-0.25, -0.2) is 0 Å². The van der Waals surface area contributed by atoms with Crippen LogP contribution in [0.4, 0.5) is 0 Å². The first kappa shape index (κ1) is 17.0. The van der Waals surface area contributed by atoms with Gasteiger partial charge in [0.2, 0.25) is 0 Å². The van der Waals surface area contributed by atoms with Gasteiger partial charge in [0, 0.05) is 3.92 Å². The highest BCUT2D eigenvalue weighted by atomic mass is 127. The van der Waals surface area contributed by atoms with Crippen LogP contribution in [0.15, 0.2) is 11.6 Å². The average molecular weight is 537 g/mol. The quantitative estimate of drug-likeness (QED) is 0.184. The lowest BCUT2D eigenvalue weighted by Crippen LogP contribution is -2.52. The summed E-state index contributed by atoms with van der Waals surface area (Å²) in [5.74, 6) is 22.2. The maximum atomic E-state index is 2.91. The van der Waals surface area contributed by atoms with E-state index in [2.05, 4.69) is 35.6 Å². The summed E-state index contributed by atoms with van der Waals surface area (Å²) in [6.07, 6.45) is 13.7. The van der Waals surface area contributed by atoms with Gasteiger partial charge in [-0.1, -0.05) is 34.2 Å². The first-order chi connectivity index (χ1) is 15.7. The predicted octanol–water partition coefficient (Wildman–Crippen LogP) is 6.69. The van der Waals surface area contributed by atoms with Gasteiger partial charge in [-0.2, -0.15) is 0 Å². The van der Waals surface area contributed by atoms with Gasteiger partial charge in [-0.15, -0.1) is 0 Å². The van der Waals surface area contributed by atoms with Crippen molar-refractivity contribution < 1.29 is 0 Å². The minimum absolute atomic E-state index is 0.925. The van der Waals surface area contributed by atoms with Crippen LogP contribution in [-0.2, 0) is 0 Å². The van der Waals surface area contributed by atoms with E-state index in [4.69, 9.17) is 0 Å². The van der Waals surface area contributed by atoms with Crippen molar-refractivity contribution in [1.82, 2.24) is 0 Å². The minimum Gasteiger partial charge on any atom is -0.0856 e. The number of allylic oxidation sites excluding steroid dienone is 2. The Bertz CT molecular complexity index is 1070. The Morgan fingerprint density at radius 3 is 2.22 bits per heavy atom. The summed E-state index contributed by atoms with van der Waals surface area (Å²) in [6, 6.07) is 0. The predicted molar refractivity (Wildman–Crippen MR) is 132 cm³/mol. The van der Waals surface area contributed by atoms with E-state index in [1.807, 2.05) is 5.57 Å². The molecular weight excluding hydrogens is 499 g/mol. The van der Waals surface area contributed by atoms with Gasteiger partial charge in [0.25, 0.3) is 0 Å².